The molecule has 2 aromatic heterocycles. The predicted molar refractivity (Wildman–Crippen MR) is 109 cm³/mol. The number of pyridine rings is 1. The molecule has 8 nitrogen and oxygen atoms in total. The molecule has 4 rings (SSSR count). The smallest absolute Gasteiger partial charge is 0.278 e. The Balaban J connectivity index is 1.63. The van der Waals surface area contributed by atoms with Gasteiger partial charge in [0.05, 0.1) is 35.0 Å². The number of amides is 1. The largest absolute Gasteiger partial charge is 0.387 e. The average molecular weight is 399 g/mol. The highest BCUT2D eigenvalue weighted by Crippen LogP contribution is 2.30. The molecule has 1 aliphatic rings. The number of H-pyrrole nitrogens is 1. The van der Waals surface area contributed by atoms with E-state index in [-0.39, 0.29) is 5.84 Å². The lowest BCUT2D eigenvalue weighted by Gasteiger charge is -2.32. The van der Waals surface area contributed by atoms with Gasteiger partial charge in [-0.05, 0) is 25.1 Å². The number of aromatic nitrogens is 3. The number of rotatable bonds is 3. The zero-order valence-electron chi connectivity index (χ0n) is 15.2. The third-order valence-corrected chi connectivity index (χ3v) is 4.74. The highest BCUT2D eigenvalue weighted by atomic mass is 35.5. The number of nitrogens with one attached hydrogen (secondary N) is 1. The van der Waals surface area contributed by atoms with Gasteiger partial charge >= 0.3 is 0 Å². The van der Waals surface area contributed by atoms with Crippen LogP contribution in [0.3, 0.4) is 0 Å². The van der Waals surface area contributed by atoms with Crippen LogP contribution in [0.2, 0.25) is 5.02 Å². The van der Waals surface area contributed by atoms with E-state index < -0.39 is 12.0 Å². The lowest BCUT2D eigenvalue weighted by molar-refractivity contribution is -0.129. The van der Waals surface area contributed by atoms with Crippen molar-refractivity contribution in [2.75, 3.05) is 24.6 Å². The summed E-state index contributed by atoms with van der Waals surface area (Å²) >= 11 is 6.38. The first-order valence-electron chi connectivity index (χ1n) is 8.83. The highest BCUT2D eigenvalue weighted by Gasteiger charge is 2.28. The van der Waals surface area contributed by atoms with Crippen molar-refractivity contribution in [1.82, 2.24) is 15.0 Å². The number of aliphatic imine (C=N–C) groups is 1. The van der Waals surface area contributed by atoms with Crippen LogP contribution in [0.1, 0.15) is 6.92 Å². The van der Waals surface area contributed by atoms with E-state index >= 15 is 0 Å². The molecular formula is C19H19ClN6O2. The van der Waals surface area contributed by atoms with E-state index in [1.807, 2.05) is 35.2 Å². The lowest BCUT2D eigenvalue weighted by Crippen LogP contribution is -2.46. The zero-order chi connectivity index (χ0) is 19.7. The summed E-state index contributed by atoms with van der Waals surface area (Å²) in [4.78, 5) is 30.2. The standard InChI is InChI=1S/C19H19ClN6O2/c1-11(21)23-19(27)16-10-26(6-7-28-16)17-8-12(13(20)9-22-17)18-24-14-4-2-3-5-15(14)25-18/h2-5,8-9,16H,6-7,10H2,1H3,(H,24,25)(H2,21,23,27). The van der Waals surface area contributed by atoms with Crippen molar-refractivity contribution >= 4 is 40.2 Å². The molecule has 0 saturated carbocycles. The number of morpholine rings is 1. The van der Waals surface area contributed by atoms with Crippen LogP contribution in [0.15, 0.2) is 41.5 Å². The first-order chi connectivity index (χ1) is 13.5. The first kappa shape index (κ1) is 18.4. The quantitative estimate of drug-likeness (QED) is 0.517. The van der Waals surface area contributed by atoms with E-state index in [4.69, 9.17) is 22.1 Å². The van der Waals surface area contributed by atoms with Crippen LogP contribution in [0.25, 0.3) is 22.4 Å². The number of anilines is 1. The number of nitrogens with zero attached hydrogens (tertiary/aromatic N) is 4. The molecule has 0 radical (unpaired) electrons. The van der Waals surface area contributed by atoms with Crippen molar-refractivity contribution in [3.8, 4) is 11.4 Å². The van der Waals surface area contributed by atoms with E-state index in [2.05, 4.69) is 19.9 Å². The van der Waals surface area contributed by atoms with Gasteiger partial charge in [-0.15, -0.1) is 0 Å². The number of benzene rings is 1. The van der Waals surface area contributed by atoms with Crippen LogP contribution in [-0.4, -0.2) is 52.5 Å². The molecule has 3 N–H and O–H groups in total. The summed E-state index contributed by atoms with van der Waals surface area (Å²) in [5.41, 5.74) is 8.03. The van der Waals surface area contributed by atoms with Crippen LogP contribution in [0.4, 0.5) is 5.82 Å². The molecule has 3 heterocycles. The van der Waals surface area contributed by atoms with E-state index in [0.717, 1.165) is 16.6 Å². The van der Waals surface area contributed by atoms with Crippen molar-refractivity contribution in [2.45, 2.75) is 13.0 Å². The molecule has 1 aliphatic heterocycles. The molecule has 1 aromatic carbocycles. The number of hydrogen-bond acceptors (Lipinski definition) is 5. The Morgan fingerprint density at radius 2 is 2.25 bits per heavy atom. The van der Waals surface area contributed by atoms with Crippen LogP contribution in [0, 0.1) is 0 Å². The Kier molecular flexibility index (Phi) is 4.97. The van der Waals surface area contributed by atoms with Crippen LogP contribution < -0.4 is 10.6 Å². The molecule has 0 bridgehead atoms. The minimum Gasteiger partial charge on any atom is -0.387 e. The highest BCUT2D eigenvalue weighted by molar-refractivity contribution is 6.33. The summed E-state index contributed by atoms with van der Waals surface area (Å²) in [6, 6.07) is 9.64. The number of para-hydroxylation sites is 2. The van der Waals surface area contributed by atoms with Gasteiger partial charge in [0.1, 0.15) is 11.6 Å². The summed E-state index contributed by atoms with van der Waals surface area (Å²) in [7, 11) is 0. The van der Waals surface area contributed by atoms with E-state index in [0.29, 0.717) is 36.4 Å². The van der Waals surface area contributed by atoms with Crippen LogP contribution >= 0.6 is 11.6 Å². The number of carbonyl (C=O) groups excluding carboxylic acids is 1. The summed E-state index contributed by atoms with van der Waals surface area (Å²) in [5, 5.41) is 0.493. The molecule has 144 valence electrons. The molecule has 3 aromatic rings. The Morgan fingerprint density at radius 1 is 1.43 bits per heavy atom. The molecule has 1 unspecified atom stereocenters. The number of fused-ring (bicyclic) bond motifs is 1. The molecule has 9 heteroatoms. The van der Waals surface area contributed by atoms with Gasteiger partial charge in [0.15, 0.2) is 6.10 Å². The molecule has 1 atom stereocenters. The molecule has 1 amide bonds. The topological polar surface area (TPSA) is 109 Å². The van der Waals surface area contributed by atoms with E-state index in [9.17, 15) is 4.79 Å². The monoisotopic (exact) mass is 398 g/mol. The fourth-order valence-corrected chi connectivity index (χ4v) is 3.31. The maximum Gasteiger partial charge on any atom is 0.278 e. The SMILES string of the molecule is CC(N)=NC(=O)C1CN(c2cc(-c3nc4ccccc4[nH]3)c(Cl)cn2)CCO1. The number of nitrogens with two attached hydrogens (primary N) is 1. The third-order valence-electron chi connectivity index (χ3n) is 4.44. The average Bonchev–Trinajstić information content (AvgIpc) is 3.12. The van der Waals surface area contributed by atoms with Gasteiger partial charge in [-0.1, -0.05) is 23.7 Å². The minimum atomic E-state index is -0.681. The fraction of sp³-hybridized carbons (Fsp3) is 0.263. The van der Waals surface area contributed by atoms with Crippen molar-refractivity contribution in [1.29, 1.82) is 0 Å². The molecular weight excluding hydrogens is 380 g/mol. The number of hydrogen-bond donors (Lipinski definition) is 2. The first-order valence-corrected chi connectivity index (χ1v) is 9.21. The number of halogens is 1. The van der Waals surface area contributed by atoms with Gasteiger partial charge in [0.25, 0.3) is 5.91 Å². The summed E-state index contributed by atoms with van der Waals surface area (Å²) in [6.07, 6.45) is 0.910. The number of imidazole rings is 1. The Bertz CT molecular complexity index is 1030. The Labute approximate surface area is 166 Å². The maximum absolute atomic E-state index is 12.2. The second-order valence-corrected chi connectivity index (χ2v) is 6.93. The summed E-state index contributed by atoms with van der Waals surface area (Å²) in [6.45, 7) is 2.89. The molecule has 0 aliphatic carbocycles. The minimum absolute atomic E-state index is 0.211. The Morgan fingerprint density at radius 3 is 3.04 bits per heavy atom. The zero-order valence-corrected chi connectivity index (χ0v) is 16.0. The summed E-state index contributed by atoms with van der Waals surface area (Å²) < 4.78 is 5.54. The number of ether oxygens (including phenoxy) is 1. The van der Waals surface area contributed by atoms with Crippen molar-refractivity contribution in [2.24, 2.45) is 10.7 Å². The van der Waals surface area contributed by atoms with E-state index in [1.54, 1.807) is 13.1 Å². The van der Waals surface area contributed by atoms with Gasteiger partial charge in [-0.2, -0.15) is 4.99 Å². The number of aromatic amines is 1. The van der Waals surface area contributed by atoms with Gasteiger partial charge in [0.2, 0.25) is 0 Å². The fourth-order valence-electron chi connectivity index (χ4n) is 3.12. The van der Waals surface area contributed by atoms with Crippen LogP contribution in [0.5, 0.6) is 0 Å². The van der Waals surface area contributed by atoms with Crippen molar-refractivity contribution in [3.05, 3.63) is 41.6 Å². The molecule has 1 fully saturated rings. The van der Waals surface area contributed by atoms with Crippen molar-refractivity contribution in [3.63, 3.8) is 0 Å². The van der Waals surface area contributed by atoms with Gasteiger partial charge in [-0.3, -0.25) is 4.79 Å². The second kappa shape index (κ2) is 7.57. The Hall–Kier alpha value is -2.97. The lowest BCUT2D eigenvalue weighted by atomic mass is 10.2. The second-order valence-electron chi connectivity index (χ2n) is 6.52. The van der Waals surface area contributed by atoms with E-state index in [1.165, 1.54) is 0 Å². The normalized spacial score (nSPS) is 17.9. The molecule has 1 saturated heterocycles. The van der Waals surface area contributed by atoms with Crippen LogP contribution in [-0.2, 0) is 9.53 Å². The number of amidine groups is 1. The van der Waals surface area contributed by atoms with Crippen molar-refractivity contribution < 1.29 is 9.53 Å². The van der Waals surface area contributed by atoms with Gasteiger partial charge < -0.3 is 20.4 Å². The molecule has 0 spiro atoms. The maximum atomic E-state index is 12.2. The number of carbonyl (C=O) groups is 1. The predicted octanol–water partition coefficient (Wildman–Crippen LogP) is 2.39. The summed E-state index contributed by atoms with van der Waals surface area (Å²) in [5.74, 6) is 1.17. The molecule has 28 heavy (non-hydrogen) atoms. The van der Waals surface area contributed by atoms with Gasteiger partial charge in [-0.25, -0.2) is 9.97 Å². The van der Waals surface area contributed by atoms with Gasteiger partial charge in [0, 0.05) is 18.3 Å². The third kappa shape index (κ3) is 3.69.